The van der Waals surface area contributed by atoms with Crippen LogP contribution in [0.3, 0.4) is 0 Å². The average molecular weight is 282 g/mol. The Morgan fingerprint density at radius 2 is 2.20 bits per heavy atom. The van der Waals surface area contributed by atoms with Crippen LogP contribution in [0.5, 0.6) is 0 Å². The summed E-state index contributed by atoms with van der Waals surface area (Å²) < 4.78 is 0. The van der Waals surface area contributed by atoms with Crippen LogP contribution in [-0.4, -0.2) is 33.1 Å². The number of hydrogen-bond acceptors (Lipinski definition) is 8. The number of nitrogens with one attached hydrogen (secondary N) is 2. The maximum Gasteiger partial charge on any atom is 0.332 e. The van der Waals surface area contributed by atoms with Gasteiger partial charge in [0.05, 0.1) is 4.92 Å². The Kier molecular flexibility index (Phi) is 4.00. The van der Waals surface area contributed by atoms with Gasteiger partial charge in [0.1, 0.15) is 5.69 Å². The second-order valence-corrected chi connectivity index (χ2v) is 5.06. The minimum atomic E-state index is -0.510. The molecule has 0 amide bonds. The van der Waals surface area contributed by atoms with Crippen molar-refractivity contribution in [1.29, 1.82) is 0 Å². The number of hydrogen-bond donors (Lipinski definition) is 4. The normalized spacial score (nSPS) is 15.8. The number of nitrogen functional groups attached to an aromatic ring is 1. The largest absolute Gasteiger partial charge is 0.396 e. The van der Waals surface area contributed by atoms with Gasteiger partial charge in [0, 0.05) is 13.2 Å². The van der Waals surface area contributed by atoms with Gasteiger partial charge in [-0.1, -0.05) is 0 Å². The van der Waals surface area contributed by atoms with Crippen molar-refractivity contribution in [3.05, 3.63) is 15.8 Å². The molecule has 0 saturated heterocycles. The molecule has 5 N–H and O–H groups in total. The highest BCUT2D eigenvalue weighted by Gasteiger charge is 2.42. The lowest BCUT2D eigenvalue weighted by molar-refractivity contribution is -0.385. The number of aliphatic hydroxyl groups excluding tert-OH is 1. The topological polar surface area (TPSA) is 139 Å². The summed E-state index contributed by atoms with van der Waals surface area (Å²) in [7, 11) is 0. The Morgan fingerprint density at radius 3 is 2.70 bits per heavy atom. The van der Waals surface area contributed by atoms with Gasteiger partial charge < -0.3 is 10.4 Å². The van der Waals surface area contributed by atoms with Gasteiger partial charge in [-0.3, -0.25) is 15.5 Å². The molecular weight excluding hydrogens is 264 g/mol. The first kappa shape index (κ1) is 14.4. The Balaban J connectivity index is 2.21. The lowest BCUT2D eigenvalue weighted by atomic mass is 10.0. The summed E-state index contributed by atoms with van der Waals surface area (Å²) in [6.45, 7) is 2.18. The van der Waals surface area contributed by atoms with Crippen LogP contribution in [0.25, 0.3) is 0 Å². The number of hydrazine groups is 1. The number of nitrogens with two attached hydrogens (primary N) is 1. The van der Waals surface area contributed by atoms with E-state index in [1.807, 2.05) is 0 Å². The maximum absolute atomic E-state index is 11.1. The van der Waals surface area contributed by atoms with Gasteiger partial charge in [0.15, 0.2) is 0 Å². The van der Waals surface area contributed by atoms with E-state index >= 15 is 0 Å². The van der Waals surface area contributed by atoms with Crippen molar-refractivity contribution in [3.8, 4) is 0 Å². The van der Waals surface area contributed by atoms with Crippen LogP contribution in [0.2, 0.25) is 0 Å². The van der Waals surface area contributed by atoms with Crippen LogP contribution in [0.1, 0.15) is 25.0 Å². The Morgan fingerprint density at radius 1 is 1.50 bits per heavy atom. The van der Waals surface area contributed by atoms with Gasteiger partial charge in [-0.25, -0.2) is 10.8 Å². The highest BCUT2D eigenvalue weighted by Crippen LogP contribution is 2.48. The van der Waals surface area contributed by atoms with Crippen molar-refractivity contribution in [2.45, 2.75) is 26.2 Å². The number of aryl methyl sites for hydroxylation is 1. The molecule has 1 fully saturated rings. The van der Waals surface area contributed by atoms with E-state index in [2.05, 4.69) is 20.7 Å². The third kappa shape index (κ3) is 2.94. The third-order valence-corrected chi connectivity index (χ3v) is 3.60. The van der Waals surface area contributed by atoms with Gasteiger partial charge in [0.25, 0.3) is 0 Å². The molecule has 110 valence electrons. The summed E-state index contributed by atoms with van der Waals surface area (Å²) in [6, 6.07) is 0. The molecule has 0 aromatic carbocycles. The molecule has 9 nitrogen and oxygen atoms in total. The zero-order valence-electron chi connectivity index (χ0n) is 11.2. The molecule has 1 aromatic rings. The predicted octanol–water partition coefficient (Wildman–Crippen LogP) is 0.553. The first-order valence-electron chi connectivity index (χ1n) is 6.36. The number of rotatable bonds is 7. The minimum absolute atomic E-state index is 0.0256. The number of nitro groups is 1. The fourth-order valence-corrected chi connectivity index (χ4v) is 2.17. The lowest BCUT2D eigenvalue weighted by Crippen LogP contribution is -2.20. The smallest absolute Gasteiger partial charge is 0.332 e. The molecule has 0 atom stereocenters. The zero-order chi connectivity index (χ0) is 14.8. The molecular formula is C11H18N6O3. The Bertz CT molecular complexity index is 517. The van der Waals surface area contributed by atoms with Crippen molar-refractivity contribution in [3.63, 3.8) is 0 Å². The number of aromatic nitrogens is 2. The molecule has 0 bridgehead atoms. The van der Waals surface area contributed by atoms with Gasteiger partial charge in [0.2, 0.25) is 11.8 Å². The van der Waals surface area contributed by atoms with E-state index in [0.29, 0.717) is 13.0 Å². The van der Waals surface area contributed by atoms with Crippen molar-refractivity contribution >= 4 is 17.5 Å². The second-order valence-electron chi connectivity index (χ2n) is 5.06. The van der Waals surface area contributed by atoms with Crippen LogP contribution in [0.15, 0.2) is 0 Å². The van der Waals surface area contributed by atoms with Crippen molar-refractivity contribution in [2.75, 3.05) is 23.9 Å². The van der Waals surface area contributed by atoms with E-state index in [-0.39, 0.29) is 35.2 Å². The highest BCUT2D eigenvalue weighted by atomic mass is 16.6. The molecule has 1 aliphatic rings. The van der Waals surface area contributed by atoms with Crippen LogP contribution >= 0.6 is 0 Å². The molecule has 1 aromatic heterocycles. The fraction of sp³-hybridized carbons (Fsp3) is 0.636. The van der Waals surface area contributed by atoms with Crippen LogP contribution < -0.4 is 16.6 Å². The maximum atomic E-state index is 11.1. The summed E-state index contributed by atoms with van der Waals surface area (Å²) in [6.07, 6.45) is 2.68. The summed E-state index contributed by atoms with van der Waals surface area (Å²) in [5.41, 5.74) is 2.41. The van der Waals surface area contributed by atoms with E-state index in [4.69, 9.17) is 10.9 Å². The van der Waals surface area contributed by atoms with Gasteiger partial charge in [-0.05, 0) is 31.6 Å². The summed E-state index contributed by atoms with van der Waals surface area (Å²) in [5, 5.41) is 23.1. The quantitative estimate of drug-likeness (QED) is 0.323. The van der Waals surface area contributed by atoms with Crippen molar-refractivity contribution in [1.82, 2.24) is 9.97 Å². The van der Waals surface area contributed by atoms with Crippen LogP contribution in [0.4, 0.5) is 17.5 Å². The zero-order valence-corrected chi connectivity index (χ0v) is 11.2. The molecule has 1 aliphatic carbocycles. The van der Waals surface area contributed by atoms with E-state index in [1.165, 1.54) is 6.92 Å². The van der Waals surface area contributed by atoms with Gasteiger partial charge >= 0.3 is 5.69 Å². The number of anilines is 2. The SMILES string of the molecule is Cc1nc(NN)nc(NCC2(CCO)CC2)c1[N+](=O)[O-]. The molecule has 0 unspecified atom stereocenters. The van der Waals surface area contributed by atoms with E-state index in [1.54, 1.807) is 0 Å². The Labute approximate surface area is 115 Å². The molecule has 0 spiro atoms. The molecule has 0 radical (unpaired) electrons. The third-order valence-electron chi connectivity index (χ3n) is 3.60. The molecule has 2 rings (SSSR count). The number of aliphatic hydroxyl groups is 1. The van der Waals surface area contributed by atoms with E-state index in [0.717, 1.165) is 12.8 Å². The molecule has 1 saturated carbocycles. The van der Waals surface area contributed by atoms with Crippen LogP contribution in [-0.2, 0) is 0 Å². The van der Waals surface area contributed by atoms with E-state index < -0.39 is 4.92 Å². The monoisotopic (exact) mass is 282 g/mol. The first-order chi connectivity index (χ1) is 9.51. The molecule has 0 aliphatic heterocycles. The van der Waals surface area contributed by atoms with Crippen molar-refractivity contribution < 1.29 is 10.0 Å². The summed E-state index contributed by atoms with van der Waals surface area (Å²) in [4.78, 5) is 18.5. The van der Waals surface area contributed by atoms with E-state index in [9.17, 15) is 10.1 Å². The highest BCUT2D eigenvalue weighted by molar-refractivity contribution is 5.60. The van der Waals surface area contributed by atoms with Gasteiger partial charge in [-0.15, -0.1) is 0 Å². The fourth-order valence-electron chi connectivity index (χ4n) is 2.17. The average Bonchev–Trinajstić information content (AvgIpc) is 3.16. The minimum Gasteiger partial charge on any atom is -0.396 e. The Hall–Kier alpha value is -2.00. The second kappa shape index (κ2) is 5.55. The number of nitrogens with zero attached hydrogens (tertiary/aromatic N) is 3. The van der Waals surface area contributed by atoms with Crippen molar-refractivity contribution in [2.24, 2.45) is 11.3 Å². The lowest BCUT2D eigenvalue weighted by Gasteiger charge is -2.15. The predicted molar refractivity (Wildman–Crippen MR) is 73.1 cm³/mol. The van der Waals surface area contributed by atoms with Gasteiger partial charge in [-0.2, -0.15) is 4.98 Å². The standard InChI is InChI=1S/C11H18N6O3/c1-7-8(17(19)20)9(15-10(14-7)16-12)13-6-11(2-3-11)4-5-18/h18H,2-6,12H2,1H3,(H2,13,14,15,16). The molecule has 1 heterocycles. The first-order valence-corrected chi connectivity index (χ1v) is 6.36. The van der Waals surface area contributed by atoms with Crippen LogP contribution in [0, 0.1) is 22.5 Å². The summed E-state index contributed by atoms with van der Waals surface area (Å²) >= 11 is 0. The summed E-state index contributed by atoms with van der Waals surface area (Å²) in [5.74, 6) is 5.53. The molecule has 20 heavy (non-hydrogen) atoms. The molecule has 9 heteroatoms.